The van der Waals surface area contributed by atoms with Crippen molar-refractivity contribution >= 4 is 5.91 Å². The van der Waals surface area contributed by atoms with Gasteiger partial charge in [0.25, 0.3) is 5.91 Å². The quantitative estimate of drug-likeness (QED) is 0.428. The number of hydrogen-bond acceptors (Lipinski definition) is 1. The molecule has 1 saturated carbocycles. The number of alkyl halides is 3. The Morgan fingerprint density at radius 1 is 0.938 bits per heavy atom. The molecule has 32 heavy (non-hydrogen) atoms. The molecule has 0 bridgehead atoms. The molecule has 1 aliphatic rings. The van der Waals surface area contributed by atoms with Gasteiger partial charge in [-0.2, -0.15) is 13.2 Å². The lowest BCUT2D eigenvalue weighted by Crippen LogP contribution is -2.41. The van der Waals surface area contributed by atoms with Gasteiger partial charge in [0.05, 0.1) is 12.1 Å². The van der Waals surface area contributed by atoms with Crippen LogP contribution < -0.4 is 0 Å². The van der Waals surface area contributed by atoms with Crippen LogP contribution in [0.4, 0.5) is 13.2 Å². The summed E-state index contributed by atoms with van der Waals surface area (Å²) in [6.45, 7) is 0.759. The van der Waals surface area contributed by atoms with E-state index < -0.39 is 11.7 Å². The number of rotatable bonds is 6. The first-order chi connectivity index (χ1) is 15.4. The molecule has 3 aromatic rings. The second-order valence-corrected chi connectivity index (χ2v) is 8.42. The molecular weight excluding hydrogens is 413 g/mol. The average molecular weight is 441 g/mol. The van der Waals surface area contributed by atoms with Crippen LogP contribution in [0, 0.1) is 0 Å². The van der Waals surface area contributed by atoms with Crippen molar-refractivity contribution in [1.29, 1.82) is 0 Å². The minimum Gasteiger partial charge on any atom is -0.345 e. The van der Waals surface area contributed by atoms with Crippen molar-refractivity contribution in [3.05, 3.63) is 95.3 Å². The molecule has 0 atom stereocenters. The largest absolute Gasteiger partial charge is 0.416 e. The maximum Gasteiger partial charge on any atom is 0.416 e. The highest BCUT2D eigenvalue weighted by Crippen LogP contribution is 2.30. The number of amides is 1. The van der Waals surface area contributed by atoms with Gasteiger partial charge >= 0.3 is 6.18 Å². The third kappa shape index (κ3) is 5.23. The minimum absolute atomic E-state index is 0.00400. The van der Waals surface area contributed by atoms with E-state index in [1.807, 2.05) is 58.1 Å². The monoisotopic (exact) mass is 440 g/mol. The van der Waals surface area contributed by atoms with E-state index in [1.54, 1.807) is 6.07 Å². The maximum absolute atomic E-state index is 13.4. The third-order valence-electron chi connectivity index (χ3n) is 6.16. The van der Waals surface area contributed by atoms with Crippen LogP contribution >= 0.6 is 0 Å². The summed E-state index contributed by atoms with van der Waals surface area (Å²) in [6, 6.07) is 18.7. The molecule has 4 rings (SSSR count). The highest BCUT2D eigenvalue weighted by Gasteiger charge is 2.30. The second-order valence-electron chi connectivity index (χ2n) is 8.42. The molecule has 0 saturated heterocycles. The molecule has 1 fully saturated rings. The fourth-order valence-electron chi connectivity index (χ4n) is 4.47. The summed E-state index contributed by atoms with van der Waals surface area (Å²) in [6.07, 6.45) is 2.86. The highest BCUT2D eigenvalue weighted by molar-refractivity contribution is 5.94. The van der Waals surface area contributed by atoms with E-state index in [2.05, 4.69) is 0 Å². The molecule has 0 radical (unpaired) electrons. The standard InChI is InChI=1S/C26H27F3N2O/c27-26(28,29)22-12-7-9-20(17-22)18-30-16-8-15-24(30)19-31(23-13-5-2-6-14-23)25(32)21-10-3-1-4-11-21/h1,3-4,7-12,15-17,23H,2,5-6,13-14,18-19H2. The summed E-state index contributed by atoms with van der Waals surface area (Å²) < 4.78 is 41.2. The van der Waals surface area contributed by atoms with Gasteiger partial charge in [-0.3, -0.25) is 4.79 Å². The fraction of sp³-hybridized carbons (Fsp3) is 0.346. The minimum atomic E-state index is -4.37. The van der Waals surface area contributed by atoms with E-state index in [9.17, 15) is 18.0 Å². The van der Waals surface area contributed by atoms with E-state index in [1.165, 1.54) is 18.6 Å². The number of carbonyl (C=O) groups is 1. The van der Waals surface area contributed by atoms with Gasteiger partial charge in [0, 0.05) is 30.0 Å². The number of halogens is 3. The van der Waals surface area contributed by atoms with Gasteiger partial charge in [0.15, 0.2) is 0 Å². The first kappa shape index (κ1) is 22.2. The Morgan fingerprint density at radius 2 is 1.69 bits per heavy atom. The Balaban J connectivity index is 1.57. The first-order valence-corrected chi connectivity index (χ1v) is 11.1. The summed E-state index contributed by atoms with van der Waals surface area (Å²) >= 11 is 0. The summed E-state index contributed by atoms with van der Waals surface area (Å²) in [4.78, 5) is 15.3. The molecule has 3 nitrogen and oxygen atoms in total. The average Bonchev–Trinajstić information content (AvgIpc) is 3.24. The summed E-state index contributed by atoms with van der Waals surface area (Å²) in [5.41, 5.74) is 1.51. The Hall–Kier alpha value is -3.02. The zero-order chi connectivity index (χ0) is 22.6. The number of nitrogens with zero attached hydrogens (tertiary/aromatic N) is 2. The van der Waals surface area contributed by atoms with E-state index in [4.69, 9.17) is 0 Å². The third-order valence-corrected chi connectivity index (χ3v) is 6.16. The molecule has 0 spiro atoms. The lowest BCUT2D eigenvalue weighted by molar-refractivity contribution is -0.137. The van der Waals surface area contributed by atoms with Crippen molar-refractivity contribution in [2.45, 2.75) is 57.4 Å². The smallest absolute Gasteiger partial charge is 0.345 e. The van der Waals surface area contributed by atoms with Crippen molar-refractivity contribution in [2.75, 3.05) is 0 Å². The van der Waals surface area contributed by atoms with Gasteiger partial charge in [0.2, 0.25) is 0 Å². The van der Waals surface area contributed by atoms with Gasteiger partial charge in [-0.15, -0.1) is 0 Å². The predicted octanol–water partition coefficient (Wildman–Crippen LogP) is 6.53. The van der Waals surface area contributed by atoms with Crippen molar-refractivity contribution in [1.82, 2.24) is 9.47 Å². The van der Waals surface area contributed by atoms with Crippen LogP contribution in [0.2, 0.25) is 0 Å². The van der Waals surface area contributed by atoms with Gasteiger partial charge in [-0.25, -0.2) is 0 Å². The van der Waals surface area contributed by atoms with E-state index in [0.29, 0.717) is 24.2 Å². The topological polar surface area (TPSA) is 25.2 Å². The van der Waals surface area contributed by atoms with Crippen LogP contribution in [-0.4, -0.2) is 21.4 Å². The van der Waals surface area contributed by atoms with Crippen molar-refractivity contribution in [3.8, 4) is 0 Å². The Kier molecular flexibility index (Phi) is 6.68. The van der Waals surface area contributed by atoms with E-state index >= 15 is 0 Å². The summed E-state index contributed by atoms with van der Waals surface area (Å²) in [5, 5.41) is 0. The number of aromatic nitrogens is 1. The van der Waals surface area contributed by atoms with Crippen molar-refractivity contribution in [3.63, 3.8) is 0 Å². The Morgan fingerprint density at radius 3 is 2.41 bits per heavy atom. The summed E-state index contributed by atoms with van der Waals surface area (Å²) in [7, 11) is 0. The lowest BCUT2D eigenvalue weighted by Gasteiger charge is -2.35. The molecule has 6 heteroatoms. The molecule has 1 heterocycles. The van der Waals surface area contributed by atoms with Crippen molar-refractivity contribution in [2.24, 2.45) is 0 Å². The van der Waals surface area contributed by atoms with Crippen LogP contribution in [0.25, 0.3) is 0 Å². The molecule has 1 amide bonds. The van der Waals surface area contributed by atoms with Gasteiger partial charge in [0.1, 0.15) is 0 Å². The van der Waals surface area contributed by atoms with Crippen LogP contribution in [0.1, 0.15) is 59.3 Å². The second kappa shape index (κ2) is 9.63. The zero-order valence-corrected chi connectivity index (χ0v) is 17.9. The normalized spacial score (nSPS) is 15.0. The molecular formula is C26H27F3N2O. The van der Waals surface area contributed by atoms with Gasteiger partial charge < -0.3 is 9.47 Å². The number of hydrogen-bond donors (Lipinski definition) is 0. The van der Waals surface area contributed by atoms with Crippen LogP contribution in [0.3, 0.4) is 0 Å². The molecule has 2 aromatic carbocycles. The molecule has 0 N–H and O–H groups in total. The predicted molar refractivity (Wildman–Crippen MR) is 118 cm³/mol. The molecule has 0 unspecified atom stereocenters. The van der Waals surface area contributed by atoms with Gasteiger partial charge in [-0.1, -0.05) is 49.6 Å². The van der Waals surface area contributed by atoms with Crippen LogP contribution in [0.5, 0.6) is 0 Å². The maximum atomic E-state index is 13.4. The zero-order valence-electron chi connectivity index (χ0n) is 17.9. The van der Waals surface area contributed by atoms with Crippen LogP contribution in [0.15, 0.2) is 72.9 Å². The van der Waals surface area contributed by atoms with Crippen LogP contribution in [-0.2, 0) is 19.3 Å². The van der Waals surface area contributed by atoms with E-state index in [-0.39, 0.29) is 11.9 Å². The van der Waals surface area contributed by atoms with Crippen molar-refractivity contribution < 1.29 is 18.0 Å². The first-order valence-electron chi connectivity index (χ1n) is 11.1. The lowest BCUT2D eigenvalue weighted by atomic mass is 9.93. The molecule has 168 valence electrons. The number of carbonyl (C=O) groups excluding carboxylic acids is 1. The molecule has 1 aromatic heterocycles. The number of benzene rings is 2. The Bertz CT molecular complexity index is 1040. The van der Waals surface area contributed by atoms with E-state index in [0.717, 1.165) is 37.4 Å². The highest BCUT2D eigenvalue weighted by atomic mass is 19.4. The molecule has 1 aliphatic carbocycles. The SMILES string of the molecule is O=C(c1ccccc1)N(Cc1cccn1Cc1cccc(C(F)(F)F)c1)C1CCCCC1. The Labute approximate surface area is 186 Å². The van der Waals surface area contributed by atoms with Gasteiger partial charge in [-0.05, 0) is 54.8 Å². The summed E-state index contributed by atoms with van der Waals surface area (Å²) in [5.74, 6) is 0.00400. The fourth-order valence-corrected chi connectivity index (χ4v) is 4.47. The molecule has 0 aliphatic heterocycles.